The number of rotatable bonds is 1. The largest absolute Gasteiger partial charge is 0.495 e. The second-order valence-corrected chi connectivity index (χ2v) is 3.17. The first-order chi connectivity index (χ1) is 7.15. The topological polar surface area (TPSA) is 69.4 Å². The van der Waals surface area contributed by atoms with E-state index >= 15 is 0 Å². The molecule has 1 aliphatic rings. The number of ketones is 2. The van der Waals surface area contributed by atoms with Gasteiger partial charge in [-0.15, -0.1) is 0 Å². The van der Waals surface area contributed by atoms with Crippen LogP contribution in [0.25, 0.3) is 0 Å². The number of methoxy groups -OCH3 is 1. The van der Waals surface area contributed by atoms with Gasteiger partial charge < -0.3 is 10.5 Å². The summed E-state index contributed by atoms with van der Waals surface area (Å²) in [6, 6.07) is 3.13. The number of allylic oxidation sites excluding steroid dienone is 2. The third-order valence-electron chi connectivity index (χ3n) is 2.32. The Hall–Kier alpha value is -2.10. The minimum atomic E-state index is -0.263. The molecule has 0 bridgehead atoms. The predicted octanol–water partition coefficient (Wildman–Crippen LogP) is 1.21. The van der Waals surface area contributed by atoms with Crippen LogP contribution in [0.3, 0.4) is 0 Å². The average Bonchev–Trinajstić information content (AvgIpc) is 2.23. The van der Waals surface area contributed by atoms with E-state index in [0.29, 0.717) is 11.3 Å². The summed E-state index contributed by atoms with van der Waals surface area (Å²) >= 11 is 0. The number of nitrogens with two attached hydrogens (primary N) is 1. The van der Waals surface area contributed by atoms with Gasteiger partial charge in [-0.1, -0.05) is 0 Å². The molecule has 2 N–H and O–H groups in total. The van der Waals surface area contributed by atoms with Crippen LogP contribution in [0.4, 0.5) is 5.69 Å². The normalized spacial score (nSPS) is 13.9. The number of nitrogen functional groups attached to an aromatic ring is 1. The van der Waals surface area contributed by atoms with Gasteiger partial charge in [-0.3, -0.25) is 9.59 Å². The average molecular weight is 203 g/mol. The fourth-order valence-corrected chi connectivity index (χ4v) is 1.57. The van der Waals surface area contributed by atoms with Crippen molar-refractivity contribution in [2.24, 2.45) is 0 Å². The molecule has 0 radical (unpaired) electrons. The van der Waals surface area contributed by atoms with Gasteiger partial charge in [0.05, 0.1) is 18.4 Å². The molecule has 2 rings (SSSR count). The van der Waals surface area contributed by atoms with E-state index < -0.39 is 0 Å². The highest BCUT2D eigenvalue weighted by Crippen LogP contribution is 2.30. The van der Waals surface area contributed by atoms with Gasteiger partial charge in [0, 0.05) is 5.56 Å². The highest BCUT2D eigenvalue weighted by atomic mass is 16.5. The van der Waals surface area contributed by atoms with E-state index in [-0.39, 0.29) is 22.8 Å². The fourth-order valence-electron chi connectivity index (χ4n) is 1.57. The molecule has 0 fully saturated rings. The first-order valence-corrected chi connectivity index (χ1v) is 4.38. The van der Waals surface area contributed by atoms with Crippen molar-refractivity contribution in [1.82, 2.24) is 0 Å². The number of carbonyl (C=O) groups is 2. The maximum absolute atomic E-state index is 11.5. The molecule has 0 saturated heterocycles. The van der Waals surface area contributed by atoms with Crippen LogP contribution in [0.2, 0.25) is 0 Å². The summed E-state index contributed by atoms with van der Waals surface area (Å²) in [5, 5.41) is 0. The lowest BCUT2D eigenvalue weighted by molar-refractivity contribution is 0.0994. The third kappa shape index (κ3) is 1.30. The number of benzene rings is 1. The summed E-state index contributed by atoms with van der Waals surface area (Å²) in [7, 11) is 1.46. The lowest BCUT2D eigenvalue weighted by Crippen LogP contribution is -2.14. The molecule has 1 aliphatic carbocycles. The summed E-state index contributed by atoms with van der Waals surface area (Å²) < 4.78 is 4.98. The van der Waals surface area contributed by atoms with Crippen molar-refractivity contribution < 1.29 is 14.3 Å². The smallest absolute Gasteiger partial charge is 0.188 e. The molecule has 0 spiro atoms. The summed E-state index contributed by atoms with van der Waals surface area (Å²) in [6.45, 7) is 0. The lowest BCUT2D eigenvalue weighted by Gasteiger charge is -2.13. The zero-order valence-corrected chi connectivity index (χ0v) is 8.11. The molecule has 0 saturated carbocycles. The van der Waals surface area contributed by atoms with Crippen LogP contribution in [0, 0.1) is 0 Å². The van der Waals surface area contributed by atoms with Crippen molar-refractivity contribution in [3.63, 3.8) is 0 Å². The van der Waals surface area contributed by atoms with Crippen molar-refractivity contribution in [1.29, 1.82) is 0 Å². The van der Waals surface area contributed by atoms with Crippen LogP contribution >= 0.6 is 0 Å². The number of anilines is 1. The molecule has 0 unspecified atom stereocenters. The molecule has 15 heavy (non-hydrogen) atoms. The van der Waals surface area contributed by atoms with Gasteiger partial charge in [-0.25, -0.2) is 0 Å². The van der Waals surface area contributed by atoms with Gasteiger partial charge in [-0.05, 0) is 24.3 Å². The standard InChI is InChI=1S/C11H9NO3/c1-15-9-5-2-6-7(13)3-4-8(14)10(6)11(9)12/h2-5H,12H2,1H3. The van der Waals surface area contributed by atoms with Gasteiger partial charge in [0.2, 0.25) is 0 Å². The number of fused-ring (bicyclic) bond motifs is 1. The van der Waals surface area contributed by atoms with Gasteiger partial charge in [0.15, 0.2) is 11.6 Å². The van der Waals surface area contributed by atoms with Crippen LogP contribution in [-0.2, 0) is 0 Å². The molecule has 76 valence electrons. The van der Waals surface area contributed by atoms with E-state index in [1.54, 1.807) is 12.1 Å². The van der Waals surface area contributed by atoms with Crippen LogP contribution in [0.15, 0.2) is 24.3 Å². The first kappa shape index (κ1) is 9.45. The Morgan fingerprint density at radius 1 is 1.13 bits per heavy atom. The maximum atomic E-state index is 11.5. The molecule has 0 amide bonds. The summed E-state index contributed by atoms with van der Waals surface area (Å²) in [5.74, 6) is -0.0647. The monoisotopic (exact) mass is 203 g/mol. The maximum Gasteiger partial charge on any atom is 0.188 e. The van der Waals surface area contributed by atoms with E-state index in [1.165, 1.54) is 19.3 Å². The number of hydrogen-bond donors (Lipinski definition) is 1. The van der Waals surface area contributed by atoms with Crippen LogP contribution in [-0.4, -0.2) is 18.7 Å². The van der Waals surface area contributed by atoms with Crippen LogP contribution < -0.4 is 10.5 Å². The highest BCUT2D eigenvalue weighted by Gasteiger charge is 2.23. The molecule has 1 aromatic rings. The number of ether oxygens (including phenoxy) is 1. The van der Waals surface area contributed by atoms with E-state index in [2.05, 4.69) is 0 Å². The second-order valence-electron chi connectivity index (χ2n) is 3.17. The van der Waals surface area contributed by atoms with Crippen molar-refractivity contribution in [2.75, 3.05) is 12.8 Å². The minimum Gasteiger partial charge on any atom is -0.495 e. The Kier molecular flexibility index (Phi) is 2.04. The van der Waals surface area contributed by atoms with Gasteiger partial charge in [0.25, 0.3) is 0 Å². The Labute approximate surface area is 86.3 Å². The highest BCUT2D eigenvalue weighted by molar-refractivity contribution is 6.24. The molecular weight excluding hydrogens is 194 g/mol. The molecule has 4 nitrogen and oxygen atoms in total. The zero-order valence-electron chi connectivity index (χ0n) is 8.11. The summed E-state index contributed by atoms with van der Waals surface area (Å²) in [5.41, 5.74) is 6.53. The minimum absolute atomic E-state index is 0.209. The first-order valence-electron chi connectivity index (χ1n) is 4.38. The predicted molar refractivity (Wildman–Crippen MR) is 55.2 cm³/mol. The van der Waals surface area contributed by atoms with Gasteiger partial charge >= 0.3 is 0 Å². The third-order valence-corrected chi connectivity index (χ3v) is 2.32. The summed E-state index contributed by atoms with van der Waals surface area (Å²) in [6.07, 6.45) is 2.47. The van der Waals surface area contributed by atoms with E-state index in [0.717, 1.165) is 0 Å². The summed E-state index contributed by atoms with van der Waals surface area (Å²) in [4.78, 5) is 23.0. The van der Waals surface area contributed by atoms with Crippen LogP contribution in [0.5, 0.6) is 5.75 Å². The fraction of sp³-hybridized carbons (Fsp3) is 0.0909. The van der Waals surface area contributed by atoms with E-state index in [1.807, 2.05) is 0 Å². The Balaban J connectivity index is 2.72. The van der Waals surface area contributed by atoms with Crippen molar-refractivity contribution in [3.8, 4) is 5.75 Å². The van der Waals surface area contributed by atoms with E-state index in [4.69, 9.17) is 10.5 Å². The van der Waals surface area contributed by atoms with Crippen molar-refractivity contribution in [2.45, 2.75) is 0 Å². The second kappa shape index (κ2) is 3.24. The Morgan fingerprint density at radius 2 is 1.80 bits per heavy atom. The Morgan fingerprint density at radius 3 is 2.47 bits per heavy atom. The van der Waals surface area contributed by atoms with Crippen molar-refractivity contribution in [3.05, 3.63) is 35.4 Å². The quantitative estimate of drug-likeness (QED) is 0.696. The molecule has 0 aromatic heterocycles. The lowest BCUT2D eigenvalue weighted by atomic mass is 9.93. The molecule has 0 atom stereocenters. The van der Waals surface area contributed by atoms with E-state index in [9.17, 15) is 9.59 Å². The van der Waals surface area contributed by atoms with Gasteiger partial charge in [0.1, 0.15) is 5.75 Å². The number of hydrogen-bond acceptors (Lipinski definition) is 4. The molecule has 4 heteroatoms. The Bertz CT molecular complexity index is 489. The van der Waals surface area contributed by atoms with Crippen molar-refractivity contribution >= 4 is 17.3 Å². The molecular formula is C11H9NO3. The molecule has 0 aliphatic heterocycles. The SMILES string of the molecule is COc1ccc2c(c1N)C(=O)C=CC2=O. The zero-order chi connectivity index (χ0) is 11.0. The molecule has 0 heterocycles. The van der Waals surface area contributed by atoms with Crippen LogP contribution in [0.1, 0.15) is 20.7 Å². The molecule has 1 aromatic carbocycles. The van der Waals surface area contributed by atoms with Gasteiger partial charge in [-0.2, -0.15) is 0 Å². The number of carbonyl (C=O) groups excluding carboxylic acids is 2.